The van der Waals surface area contributed by atoms with Crippen molar-refractivity contribution >= 4 is 46.7 Å². The molecule has 0 aromatic heterocycles. The van der Waals surface area contributed by atoms with Crippen LogP contribution >= 0.6 is 0 Å². The first-order chi connectivity index (χ1) is 5.24. The smallest absolute Gasteiger partial charge is 0.186 e. The Balaban J connectivity index is 0.00000121. The van der Waals surface area contributed by atoms with Gasteiger partial charge in [-0.25, -0.2) is 4.21 Å². The van der Waals surface area contributed by atoms with Gasteiger partial charge in [-0.3, -0.25) is 0 Å². The van der Waals surface area contributed by atoms with Crippen LogP contribution in [0.2, 0.25) is 0 Å². The first kappa shape index (κ1) is 12.1. The second-order valence-electron chi connectivity index (χ2n) is 2.02. The third kappa shape index (κ3) is 3.21. The maximum atomic E-state index is 10.5. The Morgan fingerprint density at radius 3 is 2.17 bits per heavy atom. The van der Waals surface area contributed by atoms with Crippen LogP contribution in [0.25, 0.3) is 6.08 Å². The molecule has 0 aliphatic rings. The minimum absolute atomic E-state index is 0. The quantitative estimate of drug-likeness (QED) is 0.568. The van der Waals surface area contributed by atoms with Crippen LogP contribution in [0, 0.1) is 0 Å². The zero-order valence-corrected chi connectivity index (χ0v) is 9.67. The Hall–Kier alpha value is 0.0700. The van der Waals surface area contributed by atoms with Crippen molar-refractivity contribution in [2.24, 2.45) is 0 Å². The molecule has 0 fully saturated rings. The van der Waals surface area contributed by atoms with Crippen molar-refractivity contribution < 1.29 is 8.76 Å². The van der Waals surface area contributed by atoms with E-state index in [2.05, 4.69) is 6.58 Å². The van der Waals surface area contributed by atoms with Gasteiger partial charge < -0.3 is 4.55 Å². The van der Waals surface area contributed by atoms with Gasteiger partial charge in [0.1, 0.15) is 0 Å². The minimum atomic E-state index is -1.87. The number of hydrogen-bond acceptors (Lipinski definition) is 1. The summed E-state index contributed by atoms with van der Waals surface area (Å²) in [5.74, 6) is 0. The summed E-state index contributed by atoms with van der Waals surface area (Å²) >= 11 is -1.87. The molecule has 1 aromatic carbocycles. The third-order valence-corrected chi connectivity index (χ3v) is 1.99. The number of rotatable bonds is 2. The minimum Gasteiger partial charge on any atom is -0.302 e. The van der Waals surface area contributed by atoms with Crippen LogP contribution in [-0.2, 0) is 11.1 Å². The standard InChI is InChI=1S/C8H8O2S.Na/c1-2-7-3-5-8(6-4-7)11(9)10;/h2-6H,1H2,(H,9,10);. The summed E-state index contributed by atoms with van der Waals surface area (Å²) in [5, 5.41) is 0. The summed E-state index contributed by atoms with van der Waals surface area (Å²) in [7, 11) is 0. The topological polar surface area (TPSA) is 37.3 Å². The van der Waals surface area contributed by atoms with Crippen molar-refractivity contribution in [3.63, 3.8) is 0 Å². The fourth-order valence-electron chi connectivity index (χ4n) is 0.720. The molecule has 2 nitrogen and oxygen atoms in total. The molecule has 1 rings (SSSR count). The van der Waals surface area contributed by atoms with Crippen molar-refractivity contribution in [2.45, 2.75) is 4.90 Å². The van der Waals surface area contributed by atoms with Crippen LogP contribution in [0.4, 0.5) is 0 Å². The molecule has 1 aromatic rings. The molecule has 0 saturated carbocycles. The summed E-state index contributed by atoms with van der Waals surface area (Å²) in [4.78, 5) is 0.413. The molecule has 0 aliphatic carbocycles. The summed E-state index contributed by atoms with van der Waals surface area (Å²) < 4.78 is 19.1. The van der Waals surface area contributed by atoms with Gasteiger partial charge in [0, 0.05) is 29.6 Å². The Bertz CT molecular complexity index is 282. The van der Waals surface area contributed by atoms with E-state index in [1.54, 1.807) is 30.3 Å². The summed E-state index contributed by atoms with van der Waals surface area (Å²) in [6.07, 6.45) is 1.68. The predicted molar refractivity (Wildman–Crippen MR) is 51.3 cm³/mol. The van der Waals surface area contributed by atoms with E-state index in [4.69, 9.17) is 4.55 Å². The van der Waals surface area contributed by atoms with Crippen LogP contribution in [0.1, 0.15) is 5.56 Å². The van der Waals surface area contributed by atoms with Gasteiger partial charge in [-0.1, -0.05) is 24.8 Å². The molecule has 12 heavy (non-hydrogen) atoms. The Morgan fingerprint density at radius 1 is 1.33 bits per heavy atom. The van der Waals surface area contributed by atoms with Crippen molar-refractivity contribution in [3.8, 4) is 0 Å². The Labute approximate surface area is 96.3 Å². The van der Waals surface area contributed by atoms with E-state index in [-0.39, 0.29) is 29.6 Å². The van der Waals surface area contributed by atoms with E-state index in [1.807, 2.05) is 0 Å². The zero-order valence-electron chi connectivity index (χ0n) is 6.86. The first-order valence-corrected chi connectivity index (χ1v) is 4.18. The maximum Gasteiger partial charge on any atom is 0.186 e. The van der Waals surface area contributed by atoms with Gasteiger partial charge >= 0.3 is 0 Å². The molecule has 59 valence electrons. The largest absolute Gasteiger partial charge is 0.302 e. The van der Waals surface area contributed by atoms with Gasteiger partial charge in [-0.2, -0.15) is 0 Å². The maximum absolute atomic E-state index is 10.5. The van der Waals surface area contributed by atoms with Gasteiger partial charge in [0.15, 0.2) is 11.1 Å². The van der Waals surface area contributed by atoms with Gasteiger partial charge in [-0.15, -0.1) is 0 Å². The molecule has 1 N–H and O–H groups in total. The van der Waals surface area contributed by atoms with Crippen molar-refractivity contribution in [1.82, 2.24) is 0 Å². The van der Waals surface area contributed by atoms with Crippen LogP contribution < -0.4 is 0 Å². The predicted octanol–water partition coefficient (Wildman–Crippen LogP) is 1.53. The molecular formula is C8H8NaO2S. The second kappa shape index (κ2) is 5.67. The first-order valence-electron chi connectivity index (χ1n) is 3.07. The van der Waals surface area contributed by atoms with E-state index < -0.39 is 11.1 Å². The summed E-state index contributed by atoms with van der Waals surface area (Å²) in [6.45, 7) is 3.57. The Kier molecular flexibility index (Phi) is 5.70. The van der Waals surface area contributed by atoms with Crippen molar-refractivity contribution in [1.29, 1.82) is 0 Å². The van der Waals surface area contributed by atoms with Gasteiger partial charge in [-0.05, 0) is 17.7 Å². The molecule has 0 spiro atoms. The van der Waals surface area contributed by atoms with Crippen LogP contribution in [0.15, 0.2) is 35.7 Å². The number of benzene rings is 1. The molecule has 0 bridgehead atoms. The van der Waals surface area contributed by atoms with E-state index in [1.165, 1.54) is 0 Å². The average Bonchev–Trinajstić information content (AvgIpc) is 2.05. The number of hydrogen-bond donors (Lipinski definition) is 1. The van der Waals surface area contributed by atoms with Crippen LogP contribution in [-0.4, -0.2) is 38.3 Å². The second-order valence-corrected chi connectivity index (χ2v) is 2.99. The van der Waals surface area contributed by atoms with Crippen molar-refractivity contribution in [3.05, 3.63) is 36.4 Å². The molecule has 4 heteroatoms. The van der Waals surface area contributed by atoms with E-state index in [0.717, 1.165) is 5.56 Å². The molecule has 1 radical (unpaired) electrons. The van der Waals surface area contributed by atoms with Crippen molar-refractivity contribution in [2.75, 3.05) is 0 Å². The van der Waals surface area contributed by atoms with E-state index >= 15 is 0 Å². The van der Waals surface area contributed by atoms with E-state index in [0.29, 0.717) is 4.90 Å². The molecule has 0 amide bonds. The van der Waals surface area contributed by atoms with Crippen LogP contribution in [0.5, 0.6) is 0 Å². The third-order valence-electron chi connectivity index (χ3n) is 1.32. The SMILES string of the molecule is C=Cc1ccc(S(=O)O)cc1.[Na]. The summed E-state index contributed by atoms with van der Waals surface area (Å²) in [5.41, 5.74) is 0.944. The van der Waals surface area contributed by atoms with Gasteiger partial charge in [0.05, 0.1) is 4.90 Å². The average molecular weight is 191 g/mol. The van der Waals surface area contributed by atoms with E-state index in [9.17, 15) is 4.21 Å². The zero-order chi connectivity index (χ0) is 8.27. The molecular weight excluding hydrogens is 183 g/mol. The fourth-order valence-corrected chi connectivity index (χ4v) is 1.09. The molecule has 0 saturated heterocycles. The molecule has 1 atom stereocenters. The summed E-state index contributed by atoms with van der Waals surface area (Å²) in [6, 6.07) is 6.70. The molecule has 1 unspecified atom stereocenters. The van der Waals surface area contributed by atoms with Crippen LogP contribution in [0.3, 0.4) is 0 Å². The fraction of sp³-hybridized carbons (Fsp3) is 0. The molecule has 0 aliphatic heterocycles. The Morgan fingerprint density at radius 2 is 1.83 bits per heavy atom. The normalized spacial score (nSPS) is 11.4. The molecule has 0 heterocycles. The van der Waals surface area contributed by atoms with Gasteiger partial charge in [0.25, 0.3) is 0 Å². The monoisotopic (exact) mass is 191 g/mol. The van der Waals surface area contributed by atoms with Gasteiger partial charge in [0.2, 0.25) is 0 Å².